The molecule has 4 N–H and O–H groups in total. The van der Waals surface area contributed by atoms with Gasteiger partial charge in [0.25, 0.3) is 0 Å². The summed E-state index contributed by atoms with van der Waals surface area (Å²) in [5, 5.41) is 0. The van der Waals surface area contributed by atoms with Gasteiger partial charge in [0.2, 0.25) is 11.8 Å². The Bertz CT molecular complexity index is 1040. The maximum atomic E-state index is 13.0. The molecule has 2 rings (SSSR count). The Morgan fingerprint density at radius 3 is 1.06 bits per heavy atom. The number of benzene rings is 2. The Hall–Kier alpha value is -3.94. The molecule has 0 atom stereocenters. The monoisotopic (exact) mass is 436 g/mol. The lowest BCUT2D eigenvalue weighted by atomic mass is 9.69. The highest BCUT2D eigenvalue weighted by molar-refractivity contribution is 6.04. The molecule has 0 radical (unpaired) electrons. The maximum absolute atomic E-state index is 13.0. The smallest absolute Gasteiger partial charge is 0.233 e. The molecule has 0 spiro atoms. The molecule has 2 aromatic rings. The minimum Gasteiger partial charge on any atom is -0.370 e. The van der Waals surface area contributed by atoms with Gasteiger partial charge in [0.15, 0.2) is 23.1 Å². The summed E-state index contributed by atoms with van der Waals surface area (Å²) in [4.78, 5) is 73.5. The zero-order valence-corrected chi connectivity index (χ0v) is 18.3. The van der Waals surface area contributed by atoms with Crippen LogP contribution in [0.4, 0.5) is 0 Å². The predicted molar refractivity (Wildman–Crippen MR) is 117 cm³/mol. The molecular weight excluding hydrogens is 412 g/mol. The van der Waals surface area contributed by atoms with Gasteiger partial charge in [0.1, 0.15) is 5.41 Å². The highest BCUT2D eigenvalue weighted by atomic mass is 16.2. The molecule has 0 aliphatic carbocycles. The number of Topliss-reactive ketones (excluding diaryl/α,β-unsaturated/α-hetero) is 4. The average molecular weight is 436 g/mol. The molecule has 32 heavy (non-hydrogen) atoms. The third kappa shape index (κ3) is 4.69. The summed E-state index contributed by atoms with van der Waals surface area (Å²) in [5.41, 5.74) is 9.99. The van der Waals surface area contributed by atoms with E-state index in [1.54, 1.807) is 0 Å². The van der Waals surface area contributed by atoms with E-state index in [1.807, 2.05) is 0 Å². The third-order valence-electron chi connectivity index (χ3n) is 5.34. The minimum atomic E-state index is -1.93. The van der Waals surface area contributed by atoms with Gasteiger partial charge in [0, 0.05) is 28.7 Å². The number of rotatable bonds is 9. The van der Waals surface area contributed by atoms with Crippen LogP contribution in [-0.4, -0.2) is 34.9 Å². The van der Waals surface area contributed by atoms with Gasteiger partial charge < -0.3 is 11.5 Å². The molecule has 0 heterocycles. The van der Waals surface area contributed by atoms with Crippen molar-refractivity contribution in [2.75, 3.05) is 0 Å². The molecule has 0 saturated heterocycles. The van der Waals surface area contributed by atoms with E-state index in [2.05, 4.69) is 0 Å². The molecule has 166 valence electrons. The standard InChI is InChI=1S/C24H24N2O6/c1-12(27)16-5-17(13(2)28)8-20(7-16)24(23(26)32,11-22(25)31)21-9-18(14(3)29)6-19(10-21)15(4)30/h5-10H,11H2,1-4H3,(H2,25,31)(H2,26,32). The summed E-state index contributed by atoms with van der Waals surface area (Å²) in [6, 6.07) is 8.17. The van der Waals surface area contributed by atoms with Crippen LogP contribution in [0.3, 0.4) is 0 Å². The number of hydrogen-bond acceptors (Lipinski definition) is 6. The van der Waals surface area contributed by atoms with Gasteiger partial charge in [-0.15, -0.1) is 0 Å². The van der Waals surface area contributed by atoms with E-state index in [4.69, 9.17) is 11.5 Å². The summed E-state index contributed by atoms with van der Waals surface area (Å²) in [5.74, 6) is -3.41. The summed E-state index contributed by atoms with van der Waals surface area (Å²) in [6.07, 6.45) is -0.611. The van der Waals surface area contributed by atoms with Gasteiger partial charge in [-0.2, -0.15) is 0 Å². The highest BCUT2D eigenvalue weighted by Gasteiger charge is 2.43. The lowest BCUT2D eigenvalue weighted by Gasteiger charge is -2.32. The lowest BCUT2D eigenvalue weighted by molar-refractivity contribution is -0.127. The normalized spacial score (nSPS) is 11.0. The molecule has 0 bridgehead atoms. The Morgan fingerprint density at radius 2 is 0.875 bits per heavy atom. The number of carbonyl (C=O) groups is 6. The first-order valence-corrected chi connectivity index (χ1v) is 9.72. The van der Waals surface area contributed by atoms with Gasteiger partial charge >= 0.3 is 0 Å². The third-order valence-corrected chi connectivity index (χ3v) is 5.34. The fourth-order valence-electron chi connectivity index (χ4n) is 3.56. The number of hydrogen-bond donors (Lipinski definition) is 2. The molecule has 2 amide bonds. The second-order valence-corrected chi connectivity index (χ2v) is 7.74. The number of nitrogens with two attached hydrogens (primary N) is 2. The number of ketones is 4. The molecule has 0 aliphatic rings. The molecular formula is C24H24N2O6. The van der Waals surface area contributed by atoms with Crippen LogP contribution in [0.15, 0.2) is 36.4 Å². The van der Waals surface area contributed by atoms with E-state index in [0.29, 0.717) is 0 Å². The maximum Gasteiger partial charge on any atom is 0.233 e. The Labute approximate surface area is 185 Å². The van der Waals surface area contributed by atoms with Crippen molar-refractivity contribution in [3.8, 4) is 0 Å². The number of primary amides is 2. The molecule has 2 aromatic carbocycles. The highest BCUT2D eigenvalue weighted by Crippen LogP contribution is 2.38. The lowest BCUT2D eigenvalue weighted by Crippen LogP contribution is -2.45. The number of amides is 2. The van der Waals surface area contributed by atoms with Gasteiger partial charge in [0.05, 0.1) is 0 Å². The van der Waals surface area contributed by atoms with Crippen molar-refractivity contribution < 1.29 is 28.8 Å². The first kappa shape index (κ1) is 24.3. The Balaban J connectivity index is 3.07. The zero-order valence-electron chi connectivity index (χ0n) is 18.3. The van der Waals surface area contributed by atoms with Crippen LogP contribution in [0.5, 0.6) is 0 Å². The first-order chi connectivity index (χ1) is 14.8. The van der Waals surface area contributed by atoms with E-state index >= 15 is 0 Å². The van der Waals surface area contributed by atoms with Crippen molar-refractivity contribution in [1.29, 1.82) is 0 Å². The molecule has 0 fully saturated rings. The first-order valence-electron chi connectivity index (χ1n) is 9.72. The second kappa shape index (κ2) is 9.05. The van der Waals surface area contributed by atoms with Crippen molar-refractivity contribution in [3.05, 3.63) is 69.8 Å². The van der Waals surface area contributed by atoms with Crippen LogP contribution in [0.1, 0.15) is 86.7 Å². The fourth-order valence-corrected chi connectivity index (χ4v) is 3.56. The van der Waals surface area contributed by atoms with Crippen molar-refractivity contribution in [1.82, 2.24) is 0 Å². The van der Waals surface area contributed by atoms with Crippen molar-refractivity contribution in [2.45, 2.75) is 39.5 Å². The van der Waals surface area contributed by atoms with E-state index < -0.39 is 23.7 Å². The molecule has 0 aromatic heterocycles. The van der Waals surface area contributed by atoms with Crippen molar-refractivity contribution >= 4 is 34.9 Å². The van der Waals surface area contributed by atoms with E-state index in [0.717, 1.165) is 0 Å². The van der Waals surface area contributed by atoms with Crippen LogP contribution in [-0.2, 0) is 15.0 Å². The summed E-state index contributed by atoms with van der Waals surface area (Å²) < 4.78 is 0. The summed E-state index contributed by atoms with van der Waals surface area (Å²) >= 11 is 0. The van der Waals surface area contributed by atoms with E-state index in [9.17, 15) is 28.8 Å². The van der Waals surface area contributed by atoms with E-state index in [-0.39, 0.29) is 56.5 Å². The van der Waals surface area contributed by atoms with Crippen molar-refractivity contribution in [2.24, 2.45) is 11.5 Å². The second-order valence-electron chi connectivity index (χ2n) is 7.74. The SMILES string of the molecule is CC(=O)c1cc(C(C)=O)cc(C(CC(N)=O)(C(N)=O)c2cc(C(C)=O)cc(C(C)=O)c2)c1. The van der Waals surface area contributed by atoms with Gasteiger partial charge in [-0.05, 0) is 75.2 Å². The van der Waals surface area contributed by atoms with Crippen LogP contribution in [0.2, 0.25) is 0 Å². The molecule has 8 heteroatoms. The van der Waals surface area contributed by atoms with Gasteiger partial charge in [-0.1, -0.05) is 0 Å². The predicted octanol–water partition coefficient (Wildman–Crippen LogP) is 2.14. The fraction of sp³-hybridized carbons (Fsp3) is 0.250. The zero-order chi connectivity index (χ0) is 24.4. The number of carbonyl (C=O) groups excluding carboxylic acids is 6. The van der Waals surface area contributed by atoms with Gasteiger partial charge in [-0.25, -0.2) is 0 Å². The molecule has 0 unspecified atom stereocenters. The van der Waals surface area contributed by atoms with Gasteiger partial charge in [-0.3, -0.25) is 28.8 Å². The quantitative estimate of drug-likeness (QED) is 0.574. The van der Waals surface area contributed by atoms with Crippen LogP contribution < -0.4 is 11.5 Å². The molecule has 8 nitrogen and oxygen atoms in total. The minimum absolute atomic E-state index is 0.0805. The topological polar surface area (TPSA) is 154 Å². The van der Waals surface area contributed by atoms with Crippen LogP contribution in [0, 0.1) is 0 Å². The van der Waals surface area contributed by atoms with Crippen molar-refractivity contribution in [3.63, 3.8) is 0 Å². The van der Waals surface area contributed by atoms with Crippen LogP contribution >= 0.6 is 0 Å². The largest absolute Gasteiger partial charge is 0.370 e. The summed E-state index contributed by atoms with van der Waals surface area (Å²) in [7, 11) is 0. The van der Waals surface area contributed by atoms with Crippen LogP contribution in [0.25, 0.3) is 0 Å². The summed E-state index contributed by atoms with van der Waals surface area (Å²) in [6.45, 7) is 5.14. The molecule has 0 saturated carbocycles. The average Bonchev–Trinajstić information content (AvgIpc) is 2.70. The van der Waals surface area contributed by atoms with E-state index in [1.165, 1.54) is 64.1 Å². The molecule has 0 aliphatic heterocycles. The Morgan fingerprint density at radius 1 is 0.594 bits per heavy atom. The Kier molecular flexibility index (Phi) is 6.88.